The zero-order valence-corrected chi connectivity index (χ0v) is 15.4. The molecule has 2 rings (SSSR count). The van der Waals surface area contributed by atoms with Crippen LogP contribution in [0.4, 0.5) is 0 Å². The number of hydrogen-bond acceptors (Lipinski definition) is 4. The molecule has 0 aliphatic carbocycles. The summed E-state index contributed by atoms with van der Waals surface area (Å²) in [4.78, 5) is 8.55. The molecule has 2 aromatic rings. The number of hydrogen-bond donors (Lipinski definition) is 2. The van der Waals surface area contributed by atoms with Crippen molar-refractivity contribution in [1.29, 1.82) is 0 Å². The molecule has 0 aliphatic rings. The lowest BCUT2D eigenvalue weighted by molar-refractivity contribution is 0.224. The summed E-state index contributed by atoms with van der Waals surface area (Å²) in [5.74, 6) is 2.05. The maximum Gasteiger partial charge on any atom is 0.213 e. The van der Waals surface area contributed by atoms with Gasteiger partial charge in [-0.1, -0.05) is 17.7 Å². The molecule has 0 spiro atoms. The van der Waals surface area contributed by atoms with Gasteiger partial charge >= 0.3 is 0 Å². The summed E-state index contributed by atoms with van der Waals surface area (Å²) < 4.78 is 10.9. The number of nitrogens with zero attached hydrogens (tertiary/aromatic N) is 2. The molecular formula is C18H23ClN4O2. The third kappa shape index (κ3) is 6.51. The summed E-state index contributed by atoms with van der Waals surface area (Å²) in [7, 11) is 3.32. The number of pyridine rings is 1. The van der Waals surface area contributed by atoms with Gasteiger partial charge in [0.15, 0.2) is 5.96 Å². The van der Waals surface area contributed by atoms with Gasteiger partial charge in [0.05, 0.1) is 25.9 Å². The van der Waals surface area contributed by atoms with Crippen LogP contribution in [0.3, 0.4) is 0 Å². The van der Waals surface area contributed by atoms with E-state index in [9.17, 15) is 0 Å². The highest BCUT2D eigenvalue weighted by Gasteiger charge is 2.06. The Morgan fingerprint density at radius 3 is 2.64 bits per heavy atom. The molecule has 1 atom stereocenters. The molecule has 1 heterocycles. The van der Waals surface area contributed by atoms with Crippen molar-refractivity contribution in [3.63, 3.8) is 0 Å². The van der Waals surface area contributed by atoms with Gasteiger partial charge in [-0.3, -0.25) is 4.99 Å². The first-order valence-corrected chi connectivity index (χ1v) is 8.35. The van der Waals surface area contributed by atoms with E-state index in [-0.39, 0.29) is 6.10 Å². The van der Waals surface area contributed by atoms with Gasteiger partial charge < -0.3 is 20.1 Å². The highest BCUT2D eigenvalue weighted by molar-refractivity contribution is 6.30. The molecule has 2 N–H and O–H groups in total. The van der Waals surface area contributed by atoms with Crippen molar-refractivity contribution >= 4 is 17.6 Å². The van der Waals surface area contributed by atoms with E-state index in [0.29, 0.717) is 30.0 Å². The Morgan fingerprint density at radius 1 is 1.20 bits per heavy atom. The predicted octanol–water partition coefficient (Wildman–Crippen LogP) is 2.88. The average molecular weight is 363 g/mol. The molecule has 0 amide bonds. The van der Waals surface area contributed by atoms with E-state index in [4.69, 9.17) is 21.1 Å². The Bertz CT molecular complexity index is 692. The first-order chi connectivity index (χ1) is 12.1. The lowest BCUT2D eigenvalue weighted by atomic mass is 10.3. The summed E-state index contributed by atoms with van der Waals surface area (Å²) in [5, 5.41) is 7.13. The van der Waals surface area contributed by atoms with Gasteiger partial charge in [-0.15, -0.1) is 0 Å². The van der Waals surface area contributed by atoms with E-state index >= 15 is 0 Å². The highest BCUT2D eigenvalue weighted by Crippen LogP contribution is 2.16. The molecule has 0 radical (unpaired) electrons. The van der Waals surface area contributed by atoms with Gasteiger partial charge in [0.25, 0.3) is 0 Å². The van der Waals surface area contributed by atoms with Crippen LogP contribution in [0.15, 0.2) is 47.5 Å². The smallest absolute Gasteiger partial charge is 0.213 e. The van der Waals surface area contributed by atoms with Crippen LogP contribution >= 0.6 is 11.6 Å². The number of ether oxygens (including phenoxy) is 2. The van der Waals surface area contributed by atoms with Crippen molar-refractivity contribution in [2.24, 2.45) is 4.99 Å². The highest BCUT2D eigenvalue weighted by atomic mass is 35.5. The molecule has 1 unspecified atom stereocenters. The van der Waals surface area contributed by atoms with Crippen molar-refractivity contribution in [3.05, 3.63) is 53.2 Å². The number of guanidine groups is 1. The number of aliphatic imine (C=N–C) groups is 1. The summed E-state index contributed by atoms with van der Waals surface area (Å²) in [6.07, 6.45) is -0.0327. The monoisotopic (exact) mass is 362 g/mol. The van der Waals surface area contributed by atoms with Gasteiger partial charge in [-0.2, -0.15) is 0 Å². The molecular weight excluding hydrogens is 340 g/mol. The number of aromatic nitrogens is 1. The van der Waals surface area contributed by atoms with Crippen LogP contribution in [0, 0.1) is 0 Å². The molecule has 1 aromatic carbocycles. The quantitative estimate of drug-likeness (QED) is 0.585. The molecule has 6 nitrogen and oxygen atoms in total. The van der Waals surface area contributed by atoms with Crippen molar-refractivity contribution < 1.29 is 9.47 Å². The minimum absolute atomic E-state index is 0.0327. The molecule has 0 aliphatic heterocycles. The van der Waals surface area contributed by atoms with Crippen LogP contribution < -0.4 is 20.1 Å². The first-order valence-electron chi connectivity index (χ1n) is 7.97. The Hall–Kier alpha value is -2.47. The Kier molecular flexibility index (Phi) is 7.35. The van der Waals surface area contributed by atoms with E-state index in [1.165, 1.54) is 0 Å². The minimum Gasteiger partial charge on any atom is -0.489 e. The van der Waals surface area contributed by atoms with Crippen molar-refractivity contribution in [3.8, 4) is 11.6 Å². The van der Waals surface area contributed by atoms with Gasteiger partial charge in [0.2, 0.25) is 5.88 Å². The zero-order valence-electron chi connectivity index (χ0n) is 14.6. The number of halogens is 1. The lowest BCUT2D eigenvalue weighted by Gasteiger charge is -2.17. The molecule has 0 saturated carbocycles. The summed E-state index contributed by atoms with van der Waals surface area (Å²) in [6.45, 7) is 3.13. The average Bonchev–Trinajstić information content (AvgIpc) is 2.64. The molecule has 0 bridgehead atoms. The molecule has 134 valence electrons. The summed E-state index contributed by atoms with van der Waals surface area (Å²) in [5.41, 5.74) is 0.868. The molecule has 0 saturated heterocycles. The number of methoxy groups -OCH3 is 1. The first kappa shape index (κ1) is 18.9. The third-order valence-corrected chi connectivity index (χ3v) is 3.61. The van der Waals surface area contributed by atoms with Crippen molar-refractivity contribution in [2.45, 2.75) is 19.6 Å². The van der Waals surface area contributed by atoms with Crippen LogP contribution in [0.1, 0.15) is 12.6 Å². The van der Waals surface area contributed by atoms with Gasteiger partial charge in [-0.05, 0) is 37.3 Å². The van der Waals surface area contributed by atoms with E-state index in [2.05, 4.69) is 20.6 Å². The molecule has 0 fully saturated rings. The van der Waals surface area contributed by atoms with Crippen LogP contribution in [0.5, 0.6) is 11.6 Å². The summed E-state index contributed by atoms with van der Waals surface area (Å²) >= 11 is 5.87. The van der Waals surface area contributed by atoms with E-state index in [0.717, 1.165) is 11.4 Å². The van der Waals surface area contributed by atoms with E-state index < -0.39 is 0 Å². The summed E-state index contributed by atoms with van der Waals surface area (Å²) in [6, 6.07) is 12.9. The fourth-order valence-corrected chi connectivity index (χ4v) is 2.22. The minimum atomic E-state index is -0.0327. The van der Waals surface area contributed by atoms with E-state index in [1.807, 2.05) is 37.3 Å². The number of rotatable bonds is 7. The van der Waals surface area contributed by atoms with Crippen LogP contribution in [-0.4, -0.2) is 37.7 Å². The van der Waals surface area contributed by atoms with Crippen LogP contribution in [0.25, 0.3) is 0 Å². The zero-order chi connectivity index (χ0) is 18.1. The normalized spacial score (nSPS) is 12.4. The predicted molar refractivity (Wildman–Crippen MR) is 101 cm³/mol. The van der Waals surface area contributed by atoms with Crippen molar-refractivity contribution in [2.75, 3.05) is 20.7 Å². The second kappa shape index (κ2) is 9.74. The van der Waals surface area contributed by atoms with E-state index in [1.54, 1.807) is 26.3 Å². The topological polar surface area (TPSA) is 67.8 Å². The van der Waals surface area contributed by atoms with Crippen LogP contribution in [-0.2, 0) is 6.54 Å². The number of nitrogens with one attached hydrogen (secondary N) is 2. The second-order valence-electron chi connectivity index (χ2n) is 5.36. The largest absolute Gasteiger partial charge is 0.489 e. The van der Waals surface area contributed by atoms with Crippen LogP contribution in [0.2, 0.25) is 5.02 Å². The maximum atomic E-state index is 5.87. The van der Waals surface area contributed by atoms with Gasteiger partial charge in [-0.25, -0.2) is 4.98 Å². The standard InChI is InChI=1S/C18H23ClN4O2/c1-13(25-16-9-7-14(19)8-10-16)11-21-18(20-2)22-12-15-5-4-6-17(23-15)24-3/h4-10,13H,11-12H2,1-3H3,(H2,20,21,22). The SMILES string of the molecule is CN=C(NCc1cccc(OC)n1)NCC(C)Oc1ccc(Cl)cc1. The van der Waals surface area contributed by atoms with Crippen molar-refractivity contribution in [1.82, 2.24) is 15.6 Å². The Balaban J connectivity index is 1.78. The molecule has 1 aromatic heterocycles. The fraction of sp³-hybridized carbons (Fsp3) is 0.333. The number of benzene rings is 1. The fourth-order valence-electron chi connectivity index (χ4n) is 2.09. The Labute approximate surface area is 153 Å². The Morgan fingerprint density at radius 2 is 1.96 bits per heavy atom. The third-order valence-electron chi connectivity index (χ3n) is 3.36. The molecule has 7 heteroatoms. The van der Waals surface area contributed by atoms with Gasteiger partial charge in [0.1, 0.15) is 11.9 Å². The molecule has 25 heavy (non-hydrogen) atoms. The maximum absolute atomic E-state index is 5.87. The second-order valence-corrected chi connectivity index (χ2v) is 5.80. The lowest BCUT2D eigenvalue weighted by Crippen LogP contribution is -2.41. The van der Waals surface area contributed by atoms with Gasteiger partial charge in [0, 0.05) is 18.1 Å².